The summed E-state index contributed by atoms with van der Waals surface area (Å²) < 4.78 is 5.41. The van der Waals surface area contributed by atoms with Crippen LogP contribution in [-0.2, 0) is 23.9 Å². The van der Waals surface area contributed by atoms with Gasteiger partial charge in [0.15, 0.2) is 5.78 Å². The van der Waals surface area contributed by atoms with E-state index < -0.39 is 35.5 Å². The van der Waals surface area contributed by atoms with Crippen molar-refractivity contribution in [2.75, 3.05) is 11.9 Å². The lowest BCUT2D eigenvalue weighted by Gasteiger charge is -2.26. The Morgan fingerprint density at radius 1 is 1.03 bits per heavy atom. The standard InChI is InChI=1S/C21H38BrN3O5/c1-13(2)18(25-17(27)12-22)16(26)11-14(3)19(28)24-15(9-7-8-10-23)20(29)30-21(4,5)6/h13-15,18H,7-12,23H2,1-6H3,(H,24,28)(H,25,27)/t14-,15+,18+/m1/s1. The zero-order chi connectivity index (χ0) is 23.5. The third-order valence-electron chi connectivity index (χ3n) is 4.36. The zero-order valence-corrected chi connectivity index (χ0v) is 20.6. The molecule has 30 heavy (non-hydrogen) atoms. The molecule has 3 atom stereocenters. The number of halogens is 1. The van der Waals surface area contributed by atoms with E-state index in [2.05, 4.69) is 26.6 Å². The Hall–Kier alpha value is -1.48. The van der Waals surface area contributed by atoms with Gasteiger partial charge < -0.3 is 21.1 Å². The van der Waals surface area contributed by atoms with Crippen molar-refractivity contribution in [3.8, 4) is 0 Å². The molecule has 0 rings (SSSR count). The summed E-state index contributed by atoms with van der Waals surface area (Å²) in [5.74, 6) is -2.18. The van der Waals surface area contributed by atoms with Gasteiger partial charge in [-0.3, -0.25) is 14.4 Å². The Bertz CT molecular complexity index is 590. The molecule has 2 amide bonds. The van der Waals surface area contributed by atoms with E-state index in [0.717, 1.165) is 6.42 Å². The highest BCUT2D eigenvalue weighted by atomic mass is 79.9. The number of carbonyl (C=O) groups excluding carboxylic acids is 4. The van der Waals surface area contributed by atoms with Gasteiger partial charge in [0.2, 0.25) is 11.8 Å². The number of ketones is 1. The zero-order valence-electron chi connectivity index (χ0n) is 19.0. The Morgan fingerprint density at radius 3 is 2.10 bits per heavy atom. The Labute approximate surface area is 188 Å². The van der Waals surface area contributed by atoms with Crippen LogP contribution in [0.25, 0.3) is 0 Å². The minimum absolute atomic E-state index is 0.0406. The first-order valence-electron chi connectivity index (χ1n) is 10.4. The molecule has 0 saturated heterocycles. The van der Waals surface area contributed by atoms with Crippen molar-refractivity contribution in [1.29, 1.82) is 0 Å². The summed E-state index contributed by atoms with van der Waals surface area (Å²) in [6, 6.07) is -1.47. The summed E-state index contributed by atoms with van der Waals surface area (Å²) in [4.78, 5) is 49.5. The molecule has 0 aromatic carbocycles. The molecular weight excluding hydrogens is 454 g/mol. The van der Waals surface area contributed by atoms with Crippen LogP contribution in [0, 0.1) is 11.8 Å². The smallest absolute Gasteiger partial charge is 0.329 e. The summed E-state index contributed by atoms with van der Waals surface area (Å²) in [6.07, 6.45) is 1.77. The Balaban J connectivity index is 5.08. The predicted molar refractivity (Wildman–Crippen MR) is 120 cm³/mol. The molecule has 8 nitrogen and oxygen atoms in total. The van der Waals surface area contributed by atoms with Crippen LogP contribution in [0.15, 0.2) is 0 Å². The van der Waals surface area contributed by atoms with Crippen LogP contribution >= 0.6 is 15.9 Å². The third-order valence-corrected chi connectivity index (χ3v) is 4.87. The molecule has 9 heteroatoms. The quantitative estimate of drug-likeness (QED) is 0.205. The molecule has 0 aliphatic rings. The van der Waals surface area contributed by atoms with E-state index in [1.807, 2.05) is 13.8 Å². The number of amides is 2. The lowest BCUT2D eigenvalue weighted by Crippen LogP contribution is -2.48. The van der Waals surface area contributed by atoms with Gasteiger partial charge in [-0.15, -0.1) is 0 Å². The van der Waals surface area contributed by atoms with Crippen LogP contribution in [0.3, 0.4) is 0 Å². The summed E-state index contributed by atoms with van der Waals surface area (Å²) in [6.45, 7) is 11.1. The first-order valence-corrected chi connectivity index (χ1v) is 11.6. The number of unbranched alkanes of at least 4 members (excludes halogenated alkanes) is 1. The largest absolute Gasteiger partial charge is 0.458 e. The van der Waals surface area contributed by atoms with E-state index in [4.69, 9.17) is 10.5 Å². The maximum atomic E-state index is 12.7. The third kappa shape index (κ3) is 11.6. The minimum Gasteiger partial charge on any atom is -0.458 e. The molecule has 0 aromatic rings. The number of nitrogens with one attached hydrogen (secondary N) is 2. The second-order valence-electron chi connectivity index (χ2n) is 8.87. The number of ether oxygens (including phenoxy) is 1. The van der Waals surface area contributed by atoms with Gasteiger partial charge in [-0.2, -0.15) is 0 Å². The number of Topliss-reactive ketones (excluding diaryl/α,β-unsaturated/α-hetero) is 1. The molecule has 0 radical (unpaired) electrons. The molecule has 0 aromatic heterocycles. The van der Waals surface area contributed by atoms with Gasteiger partial charge in [0.25, 0.3) is 0 Å². The lowest BCUT2D eigenvalue weighted by molar-refractivity contribution is -0.159. The highest BCUT2D eigenvalue weighted by Crippen LogP contribution is 2.14. The maximum Gasteiger partial charge on any atom is 0.329 e. The summed E-state index contributed by atoms with van der Waals surface area (Å²) in [7, 11) is 0. The van der Waals surface area contributed by atoms with Crippen LogP contribution in [0.1, 0.15) is 67.2 Å². The van der Waals surface area contributed by atoms with E-state index in [9.17, 15) is 19.2 Å². The van der Waals surface area contributed by atoms with Crippen molar-refractivity contribution in [2.24, 2.45) is 17.6 Å². The monoisotopic (exact) mass is 491 g/mol. The Kier molecular flexibility index (Phi) is 13.1. The minimum atomic E-state index is -0.796. The van der Waals surface area contributed by atoms with Crippen molar-refractivity contribution in [3.63, 3.8) is 0 Å². The van der Waals surface area contributed by atoms with Crippen molar-refractivity contribution in [1.82, 2.24) is 10.6 Å². The van der Waals surface area contributed by atoms with E-state index >= 15 is 0 Å². The van der Waals surface area contributed by atoms with E-state index in [1.54, 1.807) is 27.7 Å². The Morgan fingerprint density at radius 2 is 1.63 bits per heavy atom. The number of alkyl halides is 1. The average molecular weight is 492 g/mol. The highest BCUT2D eigenvalue weighted by molar-refractivity contribution is 9.09. The van der Waals surface area contributed by atoms with Gasteiger partial charge in [0.1, 0.15) is 11.6 Å². The van der Waals surface area contributed by atoms with Gasteiger partial charge in [-0.25, -0.2) is 4.79 Å². The van der Waals surface area contributed by atoms with Crippen molar-refractivity contribution < 1.29 is 23.9 Å². The first kappa shape index (κ1) is 28.5. The van der Waals surface area contributed by atoms with Gasteiger partial charge in [0.05, 0.1) is 11.4 Å². The number of esters is 1. The van der Waals surface area contributed by atoms with Crippen LogP contribution in [-0.4, -0.2) is 53.1 Å². The van der Waals surface area contributed by atoms with Crippen molar-refractivity contribution in [3.05, 3.63) is 0 Å². The molecule has 174 valence electrons. The summed E-state index contributed by atoms with van der Waals surface area (Å²) >= 11 is 3.06. The van der Waals surface area contributed by atoms with Gasteiger partial charge in [-0.05, 0) is 52.5 Å². The van der Waals surface area contributed by atoms with Crippen LogP contribution in [0.4, 0.5) is 0 Å². The topological polar surface area (TPSA) is 128 Å². The summed E-state index contributed by atoms with van der Waals surface area (Å²) in [5, 5.41) is 5.50. The molecule has 0 saturated carbocycles. The first-order chi connectivity index (χ1) is 13.8. The maximum absolute atomic E-state index is 12.7. The van der Waals surface area contributed by atoms with E-state index in [1.165, 1.54) is 0 Å². The number of hydrogen-bond acceptors (Lipinski definition) is 6. The van der Waals surface area contributed by atoms with Crippen LogP contribution in [0.5, 0.6) is 0 Å². The van der Waals surface area contributed by atoms with Gasteiger partial charge in [-0.1, -0.05) is 36.7 Å². The van der Waals surface area contributed by atoms with Crippen LogP contribution in [0.2, 0.25) is 0 Å². The molecule has 0 bridgehead atoms. The SMILES string of the molecule is CC(C)[C@H](NC(=O)CBr)C(=O)C[C@@H](C)C(=O)N[C@@H](CCCCN)C(=O)OC(C)(C)C. The fourth-order valence-electron chi connectivity index (χ4n) is 2.78. The fourth-order valence-corrected chi connectivity index (χ4v) is 2.94. The molecule has 0 unspecified atom stereocenters. The molecule has 0 heterocycles. The second kappa shape index (κ2) is 13.7. The fraction of sp³-hybridized carbons (Fsp3) is 0.810. The molecule has 0 fully saturated rings. The van der Waals surface area contributed by atoms with Gasteiger partial charge in [0, 0.05) is 12.3 Å². The van der Waals surface area contributed by atoms with Gasteiger partial charge >= 0.3 is 5.97 Å². The molecule has 0 aliphatic heterocycles. The predicted octanol–water partition coefficient (Wildman–Crippen LogP) is 2.07. The lowest BCUT2D eigenvalue weighted by atomic mass is 9.92. The van der Waals surface area contributed by atoms with E-state index in [0.29, 0.717) is 19.4 Å². The summed E-state index contributed by atoms with van der Waals surface area (Å²) in [5.41, 5.74) is 4.85. The number of carbonyl (C=O) groups is 4. The molecular formula is C21H38BrN3O5. The molecule has 0 spiro atoms. The number of nitrogens with two attached hydrogens (primary N) is 1. The van der Waals surface area contributed by atoms with Crippen molar-refractivity contribution in [2.45, 2.75) is 84.9 Å². The number of hydrogen-bond donors (Lipinski definition) is 3. The molecule has 4 N–H and O–H groups in total. The molecule has 0 aliphatic carbocycles. The number of rotatable bonds is 13. The highest BCUT2D eigenvalue weighted by Gasteiger charge is 2.30. The van der Waals surface area contributed by atoms with E-state index in [-0.39, 0.29) is 29.4 Å². The normalized spacial score (nSPS) is 14.6. The van der Waals surface area contributed by atoms with Crippen molar-refractivity contribution >= 4 is 39.5 Å². The second-order valence-corrected chi connectivity index (χ2v) is 9.43. The average Bonchev–Trinajstić information content (AvgIpc) is 2.62. The van der Waals surface area contributed by atoms with Crippen LogP contribution < -0.4 is 16.4 Å².